The number of nitrogens with zero attached hydrogens (tertiary/aromatic N) is 1. The number of ether oxygens (including phenoxy) is 1. The number of carbonyl (C=O) groups excluding carboxylic acids is 2. The lowest BCUT2D eigenvalue weighted by Gasteiger charge is -2.30. The minimum Gasteiger partial charge on any atom is -0.450 e. The van der Waals surface area contributed by atoms with Crippen LogP contribution in [0.5, 0.6) is 0 Å². The maximum Gasteiger partial charge on any atom is 0.407 e. The Morgan fingerprint density at radius 2 is 2.28 bits per heavy atom. The van der Waals surface area contributed by atoms with E-state index in [2.05, 4.69) is 5.32 Å². The molecule has 1 aliphatic rings. The van der Waals surface area contributed by atoms with Crippen molar-refractivity contribution in [2.45, 2.75) is 38.7 Å². The van der Waals surface area contributed by atoms with E-state index in [1.807, 2.05) is 6.92 Å². The minimum absolute atomic E-state index is 0.0717. The number of amides is 2. The average Bonchev–Trinajstić information content (AvgIpc) is 2.36. The number of rotatable bonds is 5. The Morgan fingerprint density at radius 1 is 1.50 bits per heavy atom. The molecule has 0 spiro atoms. The van der Waals surface area contributed by atoms with E-state index < -0.39 is 12.2 Å². The number of hydrogen-bond donors (Lipinski definition) is 2. The normalized spacial score (nSPS) is 19.4. The summed E-state index contributed by atoms with van der Waals surface area (Å²) >= 11 is 0. The van der Waals surface area contributed by atoms with Gasteiger partial charge in [-0.15, -0.1) is 0 Å². The molecule has 0 aliphatic carbocycles. The number of aliphatic hydroxyl groups is 1. The van der Waals surface area contributed by atoms with Crippen LogP contribution in [-0.2, 0) is 9.53 Å². The Balaban J connectivity index is 2.17. The number of hydrogen-bond acceptors (Lipinski definition) is 4. The highest BCUT2D eigenvalue weighted by molar-refractivity contribution is 5.82. The van der Waals surface area contributed by atoms with Crippen molar-refractivity contribution in [3.8, 4) is 0 Å². The van der Waals surface area contributed by atoms with Gasteiger partial charge in [0, 0.05) is 13.1 Å². The molecule has 0 aromatic rings. The zero-order valence-corrected chi connectivity index (χ0v) is 10.9. The van der Waals surface area contributed by atoms with Crippen LogP contribution < -0.4 is 5.32 Å². The number of piperidine rings is 1. The van der Waals surface area contributed by atoms with Crippen LogP contribution in [0.2, 0.25) is 0 Å². The summed E-state index contributed by atoms with van der Waals surface area (Å²) in [6, 6.07) is 0. The first-order valence-electron chi connectivity index (χ1n) is 6.50. The SMILES string of the molecule is CCCCOC(=O)NCC(=O)N1CCCC(O)C1. The summed E-state index contributed by atoms with van der Waals surface area (Å²) in [5, 5.41) is 11.9. The summed E-state index contributed by atoms with van der Waals surface area (Å²) in [6.07, 6.45) is 2.30. The number of nitrogens with one attached hydrogen (secondary N) is 1. The Bertz CT molecular complexity index is 283. The first-order chi connectivity index (χ1) is 8.63. The average molecular weight is 258 g/mol. The van der Waals surface area contributed by atoms with Crippen LogP contribution in [0.4, 0.5) is 4.79 Å². The second-order valence-electron chi connectivity index (χ2n) is 4.48. The highest BCUT2D eigenvalue weighted by Gasteiger charge is 2.22. The number of likely N-dealkylation sites (tertiary alicyclic amines) is 1. The quantitative estimate of drug-likeness (QED) is 0.704. The van der Waals surface area contributed by atoms with E-state index in [-0.39, 0.29) is 12.5 Å². The van der Waals surface area contributed by atoms with Gasteiger partial charge in [0.2, 0.25) is 5.91 Å². The smallest absolute Gasteiger partial charge is 0.407 e. The Kier molecular flexibility index (Phi) is 6.49. The maximum absolute atomic E-state index is 11.7. The Hall–Kier alpha value is -1.30. The molecule has 1 heterocycles. The second kappa shape index (κ2) is 7.92. The number of alkyl carbamates (subject to hydrolysis) is 1. The van der Waals surface area contributed by atoms with E-state index in [9.17, 15) is 14.7 Å². The molecule has 0 radical (unpaired) electrons. The monoisotopic (exact) mass is 258 g/mol. The molecule has 104 valence electrons. The summed E-state index contributed by atoms with van der Waals surface area (Å²) in [7, 11) is 0. The van der Waals surface area contributed by atoms with Gasteiger partial charge in [-0.3, -0.25) is 4.79 Å². The van der Waals surface area contributed by atoms with Crippen molar-refractivity contribution in [1.82, 2.24) is 10.2 Å². The third kappa shape index (κ3) is 5.35. The van der Waals surface area contributed by atoms with Crippen molar-refractivity contribution in [1.29, 1.82) is 0 Å². The standard InChI is InChI=1S/C12H22N2O4/c1-2-3-7-18-12(17)13-8-11(16)14-6-4-5-10(15)9-14/h10,15H,2-9H2,1H3,(H,13,17). The minimum atomic E-state index is -0.561. The molecule has 0 aromatic carbocycles. The fourth-order valence-corrected chi connectivity index (χ4v) is 1.80. The van der Waals surface area contributed by atoms with Crippen LogP contribution in [0.1, 0.15) is 32.6 Å². The molecule has 0 saturated carbocycles. The number of carbonyl (C=O) groups is 2. The van der Waals surface area contributed by atoms with Crippen molar-refractivity contribution >= 4 is 12.0 Å². The van der Waals surface area contributed by atoms with Crippen LogP contribution in [-0.4, -0.2) is 54.4 Å². The Labute approximate surface area is 107 Å². The first kappa shape index (κ1) is 14.8. The number of unbranched alkanes of at least 4 members (excludes halogenated alkanes) is 1. The van der Waals surface area contributed by atoms with E-state index in [1.165, 1.54) is 0 Å². The zero-order chi connectivity index (χ0) is 13.4. The summed E-state index contributed by atoms with van der Waals surface area (Å²) in [6.45, 7) is 3.30. The van der Waals surface area contributed by atoms with Gasteiger partial charge in [-0.05, 0) is 19.3 Å². The zero-order valence-electron chi connectivity index (χ0n) is 10.9. The van der Waals surface area contributed by atoms with Gasteiger partial charge in [0.1, 0.15) is 6.54 Å². The van der Waals surface area contributed by atoms with Crippen molar-refractivity contribution in [2.24, 2.45) is 0 Å². The van der Waals surface area contributed by atoms with Gasteiger partial charge in [0.25, 0.3) is 0 Å². The van der Waals surface area contributed by atoms with Crippen molar-refractivity contribution in [3.05, 3.63) is 0 Å². The lowest BCUT2D eigenvalue weighted by atomic mass is 10.1. The molecule has 18 heavy (non-hydrogen) atoms. The lowest BCUT2D eigenvalue weighted by molar-refractivity contribution is -0.133. The van der Waals surface area contributed by atoms with Crippen LogP contribution in [0.3, 0.4) is 0 Å². The maximum atomic E-state index is 11.7. The third-order valence-corrected chi connectivity index (χ3v) is 2.86. The molecule has 6 nitrogen and oxygen atoms in total. The summed E-state index contributed by atoms with van der Waals surface area (Å²) in [5.41, 5.74) is 0. The van der Waals surface area contributed by atoms with Crippen LogP contribution in [0, 0.1) is 0 Å². The van der Waals surface area contributed by atoms with Gasteiger partial charge in [-0.25, -0.2) is 4.79 Å². The van der Waals surface area contributed by atoms with E-state index in [0.717, 1.165) is 25.7 Å². The van der Waals surface area contributed by atoms with Crippen LogP contribution in [0.15, 0.2) is 0 Å². The van der Waals surface area contributed by atoms with Crippen molar-refractivity contribution in [3.63, 3.8) is 0 Å². The second-order valence-corrected chi connectivity index (χ2v) is 4.48. The molecule has 1 unspecified atom stereocenters. The molecule has 1 saturated heterocycles. The number of β-amino-alcohol motifs (C(OH)–C–C–N with tert-alkyl or cyclic N) is 1. The van der Waals surface area contributed by atoms with Crippen LogP contribution in [0.25, 0.3) is 0 Å². The molecule has 1 atom stereocenters. The predicted molar refractivity (Wildman–Crippen MR) is 66.1 cm³/mol. The van der Waals surface area contributed by atoms with Gasteiger partial charge in [0.15, 0.2) is 0 Å². The fraction of sp³-hybridized carbons (Fsp3) is 0.833. The fourth-order valence-electron chi connectivity index (χ4n) is 1.80. The summed E-state index contributed by atoms with van der Waals surface area (Å²) in [5.74, 6) is -0.179. The summed E-state index contributed by atoms with van der Waals surface area (Å²) in [4.78, 5) is 24.5. The molecular weight excluding hydrogens is 236 g/mol. The molecule has 1 aliphatic heterocycles. The van der Waals surface area contributed by atoms with E-state index in [1.54, 1.807) is 4.90 Å². The van der Waals surface area contributed by atoms with E-state index in [4.69, 9.17) is 4.74 Å². The van der Waals surface area contributed by atoms with Crippen molar-refractivity contribution < 1.29 is 19.4 Å². The lowest BCUT2D eigenvalue weighted by Crippen LogP contribution is -2.46. The number of aliphatic hydroxyl groups excluding tert-OH is 1. The van der Waals surface area contributed by atoms with Gasteiger partial charge >= 0.3 is 6.09 Å². The van der Waals surface area contributed by atoms with Gasteiger partial charge in [-0.1, -0.05) is 13.3 Å². The highest BCUT2D eigenvalue weighted by atomic mass is 16.5. The first-order valence-corrected chi connectivity index (χ1v) is 6.50. The molecule has 1 rings (SSSR count). The Morgan fingerprint density at radius 3 is 2.94 bits per heavy atom. The summed E-state index contributed by atoms with van der Waals surface area (Å²) < 4.78 is 4.87. The molecule has 0 bridgehead atoms. The van der Waals surface area contributed by atoms with Crippen LogP contribution >= 0.6 is 0 Å². The van der Waals surface area contributed by atoms with Gasteiger partial charge in [0.05, 0.1) is 12.7 Å². The topological polar surface area (TPSA) is 78.9 Å². The van der Waals surface area contributed by atoms with E-state index in [0.29, 0.717) is 19.7 Å². The van der Waals surface area contributed by atoms with Crippen molar-refractivity contribution in [2.75, 3.05) is 26.2 Å². The molecule has 2 amide bonds. The predicted octanol–water partition coefficient (Wildman–Crippen LogP) is 0.496. The van der Waals surface area contributed by atoms with E-state index >= 15 is 0 Å². The largest absolute Gasteiger partial charge is 0.450 e. The molecule has 6 heteroatoms. The highest BCUT2D eigenvalue weighted by Crippen LogP contribution is 2.09. The molecule has 1 fully saturated rings. The molecule has 0 aromatic heterocycles. The van der Waals surface area contributed by atoms with Gasteiger partial charge in [-0.2, -0.15) is 0 Å². The third-order valence-electron chi connectivity index (χ3n) is 2.86. The van der Waals surface area contributed by atoms with Gasteiger partial charge < -0.3 is 20.1 Å². The molecule has 2 N–H and O–H groups in total. The molecular formula is C12H22N2O4.